The molecule has 90 valence electrons. The van der Waals surface area contributed by atoms with Gasteiger partial charge in [-0.15, -0.1) is 0 Å². The zero-order valence-electron chi connectivity index (χ0n) is 11.7. The number of rotatable bonds is 4. The zero-order valence-corrected chi connectivity index (χ0v) is 17.4. The molecule has 1 rings (SSSR count). The van der Waals surface area contributed by atoms with E-state index in [0.717, 1.165) is 0 Å². The summed E-state index contributed by atoms with van der Waals surface area (Å²) in [5, 5.41) is 0. The maximum atomic E-state index is 2.53. The second-order valence-electron chi connectivity index (χ2n) is 7.24. The van der Waals surface area contributed by atoms with Crippen LogP contribution in [0, 0.1) is 0 Å². The molecule has 16 heavy (non-hydrogen) atoms. The molecule has 1 aromatic rings. The van der Waals surface area contributed by atoms with E-state index in [2.05, 4.69) is 53.9 Å². The second kappa shape index (κ2) is 5.64. The summed E-state index contributed by atoms with van der Waals surface area (Å²) in [6.07, 6.45) is 0. The molecule has 0 aliphatic heterocycles. The van der Waals surface area contributed by atoms with Crippen molar-refractivity contribution in [2.24, 2.45) is 0 Å². The summed E-state index contributed by atoms with van der Waals surface area (Å²) in [6, 6.07) is 9.17. The van der Waals surface area contributed by atoms with Crippen molar-refractivity contribution in [2.75, 3.05) is 0 Å². The average Bonchev–Trinajstić information content (AvgIpc) is 2.03. The standard InChI is InChI=1S/C8H8.6CH3.2Sn/c1-7-5-3-4-6-8(7)2;;;;;;;;/h3-6H,1-2H2;6*1H3;;. The average molecular weight is 432 g/mol. The molecule has 0 spiro atoms. The van der Waals surface area contributed by atoms with Gasteiger partial charge in [-0.1, -0.05) is 0 Å². The molecule has 0 heterocycles. The Kier molecular flexibility index (Phi) is 5.24. The van der Waals surface area contributed by atoms with Crippen LogP contribution >= 0.6 is 0 Å². The van der Waals surface area contributed by atoms with E-state index in [1.165, 1.54) is 8.87 Å². The SMILES string of the molecule is [CH3][Sn]([CH3])([CH3])[CH2]c1ccccc1[CH2][Sn]([CH3])([CH3])[CH3]. The van der Waals surface area contributed by atoms with Crippen molar-refractivity contribution < 1.29 is 0 Å². The molecule has 0 unspecified atom stereocenters. The molecule has 0 aromatic heterocycles. The Labute approximate surface area is 110 Å². The topological polar surface area (TPSA) is 0 Å². The van der Waals surface area contributed by atoms with Gasteiger partial charge in [0.2, 0.25) is 0 Å². The van der Waals surface area contributed by atoms with Crippen molar-refractivity contribution in [1.29, 1.82) is 0 Å². The molecule has 0 N–H and O–H groups in total. The molecule has 0 radical (unpaired) electrons. The predicted octanol–water partition coefficient (Wildman–Crippen LogP) is 4.53. The molecule has 0 bridgehead atoms. The van der Waals surface area contributed by atoms with Crippen LogP contribution in [0.25, 0.3) is 0 Å². The van der Waals surface area contributed by atoms with Gasteiger partial charge in [-0.3, -0.25) is 0 Å². The third-order valence-electron chi connectivity index (χ3n) is 2.56. The van der Waals surface area contributed by atoms with Gasteiger partial charge in [-0.25, -0.2) is 0 Å². The van der Waals surface area contributed by atoms with Gasteiger partial charge in [0.25, 0.3) is 0 Å². The van der Waals surface area contributed by atoms with Gasteiger partial charge >= 0.3 is 111 Å². The van der Waals surface area contributed by atoms with Crippen molar-refractivity contribution in [1.82, 2.24) is 0 Å². The van der Waals surface area contributed by atoms with Crippen LogP contribution in [-0.2, 0) is 8.87 Å². The van der Waals surface area contributed by atoms with Gasteiger partial charge in [0.05, 0.1) is 0 Å². The second-order valence-corrected chi connectivity index (χ2v) is 38.5. The Balaban J connectivity index is 2.92. The van der Waals surface area contributed by atoms with Crippen molar-refractivity contribution in [3.05, 3.63) is 35.4 Å². The third-order valence-corrected chi connectivity index (χ3v) is 10.8. The number of hydrogen-bond acceptors (Lipinski definition) is 0. The van der Waals surface area contributed by atoms with Crippen molar-refractivity contribution in [3.63, 3.8) is 0 Å². The Morgan fingerprint density at radius 3 is 1.25 bits per heavy atom. The van der Waals surface area contributed by atoms with Gasteiger partial charge < -0.3 is 0 Å². The summed E-state index contributed by atoms with van der Waals surface area (Å²) in [7, 11) is 0. The molecular formula is C14H26Sn2. The first kappa shape index (κ1) is 14.9. The molecule has 0 fully saturated rings. The van der Waals surface area contributed by atoms with E-state index in [9.17, 15) is 0 Å². The molecular weight excluding hydrogens is 406 g/mol. The monoisotopic (exact) mass is 434 g/mol. The fourth-order valence-corrected chi connectivity index (χ4v) is 10.5. The van der Waals surface area contributed by atoms with Crippen LogP contribution in [0.3, 0.4) is 0 Å². The normalized spacial score (nSPS) is 12.9. The van der Waals surface area contributed by atoms with Gasteiger partial charge in [0.15, 0.2) is 0 Å². The summed E-state index contributed by atoms with van der Waals surface area (Å²) in [6.45, 7) is 0. The summed E-state index contributed by atoms with van der Waals surface area (Å²) in [5.41, 5.74) is 3.33. The van der Waals surface area contributed by atoms with Crippen LogP contribution in [0.1, 0.15) is 11.1 Å². The minimum absolute atomic E-state index is 1.41. The quantitative estimate of drug-likeness (QED) is 0.615. The van der Waals surface area contributed by atoms with Crippen LogP contribution in [0.15, 0.2) is 24.3 Å². The molecule has 0 aliphatic rings. The van der Waals surface area contributed by atoms with Crippen LogP contribution in [0.4, 0.5) is 0 Å². The molecule has 0 nitrogen and oxygen atoms in total. The summed E-state index contributed by atoms with van der Waals surface area (Å²) < 4.78 is 2.82. The van der Waals surface area contributed by atoms with E-state index >= 15 is 0 Å². The van der Waals surface area contributed by atoms with Crippen molar-refractivity contribution in [2.45, 2.75) is 38.5 Å². The summed E-state index contributed by atoms with van der Waals surface area (Å²) in [5.74, 6) is 0. The first-order valence-electron chi connectivity index (χ1n) is 6.24. The van der Waals surface area contributed by atoms with Crippen LogP contribution < -0.4 is 0 Å². The first-order chi connectivity index (χ1) is 7.17. The van der Waals surface area contributed by atoms with E-state index in [1.54, 1.807) is 11.1 Å². The van der Waals surface area contributed by atoms with E-state index in [4.69, 9.17) is 0 Å². The minimum atomic E-state index is -1.68. The zero-order chi connectivity index (χ0) is 12.4. The Morgan fingerprint density at radius 2 is 1.00 bits per heavy atom. The number of benzene rings is 1. The molecule has 0 saturated heterocycles. The van der Waals surface area contributed by atoms with Gasteiger partial charge in [-0.2, -0.15) is 0 Å². The molecule has 2 heteroatoms. The molecule has 0 saturated carbocycles. The Morgan fingerprint density at radius 1 is 0.688 bits per heavy atom. The maximum absolute atomic E-state index is 2.53. The van der Waals surface area contributed by atoms with Crippen LogP contribution in [0.5, 0.6) is 0 Å². The molecule has 0 aliphatic carbocycles. The van der Waals surface area contributed by atoms with Crippen molar-refractivity contribution in [3.8, 4) is 0 Å². The van der Waals surface area contributed by atoms with E-state index in [1.807, 2.05) is 0 Å². The fourth-order valence-electron chi connectivity index (χ4n) is 2.05. The predicted molar refractivity (Wildman–Crippen MR) is 80.5 cm³/mol. The summed E-state index contributed by atoms with van der Waals surface area (Å²) >= 11 is -3.37. The Hall–Kier alpha value is 0.817. The van der Waals surface area contributed by atoms with E-state index < -0.39 is 36.8 Å². The Bertz CT molecular complexity index is 307. The van der Waals surface area contributed by atoms with Gasteiger partial charge in [0.1, 0.15) is 0 Å². The van der Waals surface area contributed by atoms with Crippen molar-refractivity contribution >= 4 is 36.8 Å². The van der Waals surface area contributed by atoms with E-state index in [0.29, 0.717) is 0 Å². The van der Waals surface area contributed by atoms with Gasteiger partial charge in [-0.05, 0) is 0 Å². The third kappa shape index (κ3) is 5.94. The molecule has 0 amide bonds. The number of hydrogen-bond donors (Lipinski definition) is 0. The van der Waals surface area contributed by atoms with E-state index in [-0.39, 0.29) is 0 Å². The summed E-state index contributed by atoms with van der Waals surface area (Å²) in [4.78, 5) is 15.2. The fraction of sp³-hybridized carbons (Fsp3) is 0.571. The molecule has 1 aromatic carbocycles. The van der Waals surface area contributed by atoms with Crippen LogP contribution in [-0.4, -0.2) is 36.8 Å². The van der Waals surface area contributed by atoms with Crippen LogP contribution in [0.2, 0.25) is 29.6 Å². The first-order valence-corrected chi connectivity index (χ1v) is 27.4. The molecule has 0 atom stereocenters. The van der Waals surface area contributed by atoms with Gasteiger partial charge in [0, 0.05) is 0 Å².